The zero-order chi connectivity index (χ0) is 14.4. The first kappa shape index (κ1) is 15.3. The summed E-state index contributed by atoms with van der Waals surface area (Å²) in [7, 11) is 3.42. The first-order valence-electron chi connectivity index (χ1n) is 6.49. The molecule has 1 amide bonds. The second-order valence-electron chi connectivity index (χ2n) is 5.05. The number of rotatable bonds is 6. The Hall–Kier alpha value is -1.71. The van der Waals surface area contributed by atoms with Crippen molar-refractivity contribution in [1.82, 2.24) is 4.90 Å². The van der Waals surface area contributed by atoms with E-state index in [9.17, 15) is 4.79 Å². The van der Waals surface area contributed by atoms with E-state index in [2.05, 4.69) is 13.8 Å². The molecule has 4 nitrogen and oxygen atoms in total. The van der Waals surface area contributed by atoms with Crippen molar-refractivity contribution in [3.63, 3.8) is 0 Å². The molecule has 106 valence electrons. The average Bonchev–Trinajstić information content (AvgIpc) is 2.37. The van der Waals surface area contributed by atoms with Gasteiger partial charge in [0.2, 0.25) is 0 Å². The maximum Gasteiger partial charge on any atom is 0.263 e. The van der Waals surface area contributed by atoms with Gasteiger partial charge in [-0.05, 0) is 37.1 Å². The van der Waals surface area contributed by atoms with Crippen molar-refractivity contribution in [2.24, 2.45) is 5.92 Å². The monoisotopic (exact) mass is 265 g/mol. The number of ether oxygens (including phenoxy) is 2. The molecule has 1 rings (SSSR count). The van der Waals surface area contributed by atoms with Crippen molar-refractivity contribution in [3.05, 3.63) is 24.3 Å². The van der Waals surface area contributed by atoms with Crippen LogP contribution in [-0.4, -0.2) is 37.6 Å². The van der Waals surface area contributed by atoms with Gasteiger partial charge in [-0.1, -0.05) is 13.8 Å². The minimum atomic E-state index is -0.489. The molecule has 4 heteroatoms. The summed E-state index contributed by atoms with van der Waals surface area (Å²) in [5.41, 5.74) is 0. The maximum atomic E-state index is 12.1. The van der Waals surface area contributed by atoms with E-state index in [1.54, 1.807) is 38.1 Å². The van der Waals surface area contributed by atoms with E-state index in [-0.39, 0.29) is 5.91 Å². The first-order chi connectivity index (χ1) is 8.93. The largest absolute Gasteiger partial charge is 0.497 e. The van der Waals surface area contributed by atoms with Gasteiger partial charge < -0.3 is 14.4 Å². The lowest BCUT2D eigenvalue weighted by Crippen LogP contribution is -2.39. The van der Waals surface area contributed by atoms with Crippen molar-refractivity contribution < 1.29 is 14.3 Å². The molecule has 1 aromatic carbocycles. The predicted molar refractivity (Wildman–Crippen MR) is 75.6 cm³/mol. The summed E-state index contributed by atoms with van der Waals surface area (Å²) in [4.78, 5) is 13.8. The fourth-order valence-corrected chi connectivity index (χ4v) is 1.86. The zero-order valence-corrected chi connectivity index (χ0v) is 12.3. The van der Waals surface area contributed by atoms with Gasteiger partial charge in [0, 0.05) is 13.6 Å². The van der Waals surface area contributed by atoms with Crippen LogP contribution >= 0.6 is 0 Å². The van der Waals surface area contributed by atoms with E-state index >= 15 is 0 Å². The molecule has 1 aromatic rings. The van der Waals surface area contributed by atoms with Gasteiger partial charge in [-0.15, -0.1) is 0 Å². The van der Waals surface area contributed by atoms with E-state index in [4.69, 9.17) is 9.47 Å². The molecule has 0 saturated carbocycles. The topological polar surface area (TPSA) is 38.8 Å². The van der Waals surface area contributed by atoms with Gasteiger partial charge in [-0.2, -0.15) is 0 Å². The Morgan fingerprint density at radius 1 is 1.16 bits per heavy atom. The Kier molecular flexibility index (Phi) is 5.67. The molecule has 0 fully saturated rings. The molecule has 0 aliphatic heterocycles. The summed E-state index contributed by atoms with van der Waals surface area (Å²) in [6.45, 7) is 6.66. The Balaban J connectivity index is 2.57. The summed E-state index contributed by atoms with van der Waals surface area (Å²) in [5, 5.41) is 0. The van der Waals surface area contributed by atoms with E-state index in [0.717, 1.165) is 12.3 Å². The highest BCUT2D eigenvalue weighted by atomic mass is 16.5. The van der Waals surface area contributed by atoms with E-state index < -0.39 is 6.10 Å². The third-order valence-corrected chi connectivity index (χ3v) is 2.74. The van der Waals surface area contributed by atoms with Crippen LogP contribution in [0.5, 0.6) is 11.5 Å². The molecule has 19 heavy (non-hydrogen) atoms. The second-order valence-corrected chi connectivity index (χ2v) is 5.05. The minimum absolute atomic E-state index is 0.00971. The molecule has 0 aliphatic rings. The van der Waals surface area contributed by atoms with Gasteiger partial charge in [0.1, 0.15) is 11.5 Å². The highest BCUT2D eigenvalue weighted by Crippen LogP contribution is 2.18. The Morgan fingerprint density at radius 2 is 1.68 bits per heavy atom. The Bertz CT molecular complexity index is 400. The molecule has 0 spiro atoms. The van der Waals surface area contributed by atoms with Crippen LogP contribution in [0.25, 0.3) is 0 Å². The lowest BCUT2D eigenvalue weighted by atomic mass is 10.2. The SMILES string of the molecule is COc1ccc(OC(C)C(=O)N(C)CC(C)C)cc1. The van der Waals surface area contributed by atoms with Gasteiger partial charge >= 0.3 is 0 Å². The fourth-order valence-electron chi connectivity index (χ4n) is 1.86. The molecule has 0 aromatic heterocycles. The van der Waals surface area contributed by atoms with Crippen LogP contribution in [0.1, 0.15) is 20.8 Å². The average molecular weight is 265 g/mol. The van der Waals surface area contributed by atoms with Crippen LogP contribution in [0.3, 0.4) is 0 Å². The summed E-state index contributed by atoms with van der Waals surface area (Å²) in [6.07, 6.45) is -0.489. The summed E-state index contributed by atoms with van der Waals surface area (Å²) in [6, 6.07) is 7.21. The standard InChI is InChI=1S/C15H23NO3/c1-11(2)10-16(4)15(17)12(3)19-14-8-6-13(18-5)7-9-14/h6-9,11-12H,10H2,1-5H3. The van der Waals surface area contributed by atoms with Gasteiger partial charge in [-0.3, -0.25) is 4.79 Å². The predicted octanol–water partition coefficient (Wildman–Crippen LogP) is 2.58. The number of benzene rings is 1. The highest BCUT2D eigenvalue weighted by Gasteiger charge is 2.19. The maximum absolute atomic E-state index is 12.1. The van der Waals surface area contributed by atoms with Gasteiger partial charge in [0.05, 0.1) is 7.11 Å². The van der Waals surface area contributed by atoms with E-state index in [1.165, 1.54) is 0 Å². The first-order valence-corrected chi connectivity index (χ1v) is 6.49. The second kappa shape index (κ2) is 7.02. The van der Waals surface area contributed by atoms with Gasteiger partial charge in [-0.25, -0.2) is 0 Å². The van der Waals surface area contributed by atoms with Crippen molar-refractivity contribution in [2.75, 3.05) is 20.7 Å². The molecule has 0 bridgehead atoms. The van der Waals surface area contributed by atoms with Gasteiger partial charge in [0.15, 0.2) is 6.10 Å². The Morgan fingerprint density at radius 3 is 2.16 bits per heavy atom. The lowest BCUT2D eigenvalue weighted by molar-refractivity contribution is -0.137. The molecule has 0 N–H and O–H groups in total. The van der Waals surface area contributed by atoms with Crippen molar-refractivity contribution in [3.8, 4) is 11.5 Å². The number of likely N-dealkylation sites (N-methyl/N-ethyl adjacent to an activating group) is 1. The van der Waals surface area contributed by atoms with Crippen molar-refractivity contribution >= 4 is 5.91 Å². The third kappa shape index (κ3) is 4.81. The number of amides is 1. The normalized spacial score (nSPS) is 12.1. The third-order valence-electron chi connectivity index (χ3n) is 2.74. The van der Waals surface area contributed by atoms with Gasteiger partial charge in [0.25, 0.3) is 5.91 Å². The fraction of sp³-hybridized carbons (Fsp3) is 0.533. The van der Waals surface area contributed by atoms with Crippen molar-refractivity contribution in [1.29, 1.82) is 0 Å². The molecule has 1 atom stereocenters. The number of carbonyl (C=O) groups is 1. The van der Waals surface area contributed by atoms with Crippen LogP contribution in [0.15, 0.2) is 24.3 Å². The molecular formula is C15H23NO3. The smallest absolute Gasteiger partial charge is 0.263 e. The molecule has 1 unspecified atom stereocenters. The Labute approximate surface area is 115 Å². The van der Waals surface area contributed by atoms with E-state index in [0.29, 0.717) is 11.7 Å². The number of methoxy groups -OCH3 is 1. The van der Waals surface area contributed by atoms with Crippen LogP contribution in [0.4, 0.5) is 0 Å². The van der Waals surface area contributed by atoms with Crippen LogP contribution < -0.4 is 9.47 Å². The molecule has 0 aliphatic carbocycles. The molecule has 0 heterocycles. The van der Waals surface area contributed by atoms with Crippen LogP contribution in [0, 0.1) is 5.92 Å². The zero-order valence-electron chi connectivity index (χ0n) is 12.3. The van der Waals surface area contributed by atoms with Crippen LogP contribution in [-0.2, 0) is 4.79 Å². The van der Waals surface area contributed by atoms with Crippen molar-refractivity contribution in [2.45, 2.75) is 26.9 Å². The highest BCUT2D eigenvalue weighted by molar-refractivity contribution is 5.80. The molecular weight excluding hydrogens is 242 g/mol. The number of hydrogen-bond donors (Lipinski definition) is 0. The quantitative estimate of drug-likeness (QED) is 0.793. The molecule has 0 saturated heterocycles. The summed E-state index contributed by atoms with van der Waals surface area (Å²) < 4.78 is 10.7. The lowest BCUT2D eigenvalue weighted by Gasteiger charge is -2.23. The molecule has 0 radical (unpaired) electrons. The number of carbonyl (C=O) groups excluding carboxylic acids is 1. The summed E-state index contributed by atoms with van der Waals surface area (Å²) in [5.74, 6) is 1.87. The summed E-state index contributed by atoms with van der Waals surface area (Å²) >= 11 is 0. The number of hydrogen-bond acceptors (Lipinski definition) is 3. The number of nitrogens with zero attached hydrogens (tertiary/aromatic N) is 1. The minimum Gasteiger partial charge on any atom is -0.497 e. The van der Waals surface area contributed by atoms with Crippen LogP contribution in [0.2, 0.25) is 0 Å². The van der Waals surface area contributed by atoms with E-state index in [1.807, 2.05) is 12.1 Å².